The van der Waals surface area contributed by atoms with Crippen molar-refractivity contribution in [3.05, 3.63) is 44.7 Å². The maximum atomic E-state index is 11.9. The monoisotopic (exact) mass is 382 g/mol. The van der Waals surface area contributed by atoms with Crippen molar-refractivity contribution in [1.29, 1.82) is 0 Å². The Labute approximate surface area is 138 Å². The Morgan fingerprint density at radius 3 is 2.96 bits per heavy atom. The highest BCUT2D eigenvalue weighted by atomic mass is 79.9. The van der Waals surface area contributed by atoms with Gasteiger partial charge in [0.05, 0.1) is 17.8 Å². The molecule has 120 valence electrons. The number of aromatic nitrogens is 3. The zero-order valence-electron chi connectivity index (χ0n) is 11.8. The van der Waals surface area contributed by atoms with Gasteiger partial charge in [-0.3, -0.25) is 4.79 Å². The van der Waals surface area contributed by atoms with Crippen LogP contribution in [0.3, 0.4) is 0 Å². The topological polar surface area (TPSA) is 136 Å². The molecule has 23 heavy (non-hydrogen) atoms. The van der Waals surface area contributed by atoms with Crippen LogP contribution >= 0.6 is 15.9 Å². The van der Waals surface area contributed by atoms with Crippen molar-refractivity contribution in [1.82, 2.24) is 20.2 Å². The summed E-state index contributed by atoms with van der Waals surface area (Å²) in [7, 11) is 0. The first-order valence-electron chi connectivity index (χ1n) is 6.22. The highest BCUT2D eigenvalue weighted by Gasteiger charge is 2.14. The summed E-state index contributed by atoms with van der Waals surface area (Å²) < 4.78 is 1.86. The Hall–Kier alpha value is -2.82. The zero-order valence-corrected chi connectivity index (χ0v) is 13.4. The van der Waals surface area contributed by atoms with Crippen molar-refractivity contribution in [3.63, 3.8) is 0 Å². The van der Waals surface area contributed by atoms with Crippen LogP contribution in [0.4, 0.5) is 5.95 Å². The molecular weight excluding hydrogens is 372 g/mol. The lowest BCUT2D eigenvalue weighted by molar-refractivity contribution is -0.394. The van der Waals surface area contributed by atoms with E-state index in [4.69, 9.17) is 0 Å². The van der Waals surface area contributed by atoms with E-state index in [1.807, 2.05) is 0 Å². The van der Waals surface area contributed by atoms with E-state index >= 15 is 0 Å². The van der Waals surface area contributed by atoms with Gasteiger partial charge in [0.2, 0.25) is 6.33 Å². The lowest BCUT2D eigenvalue weighted by atomic mass is 10.2. The molecule has 11 heteroatoms. The average molecular weight is 383 g/mol. The number of phenols is 1. The second-order valence-electron chi connectivity index (χ2n) is 4.45. The summed E-state index contributed by atoms with van der Waals surface area (Å²) in [6.45, 7) is 1.72. The molecule has 2 rings (SSSR count). The second kappa shape index (κ2) is 6.96. The number of benzene rings is 1. The molecule has 1 amide bonds. The Kier molecular flexibility index (Phi) is 5.01. The van der Waals surface area contributed by atoms with E-state index in [0.29, 0.717) is 10.2 Å². The van der Waals surface area contributed by atoms with Gasteiger partial charge in [-0.2, -0.15) is 9.78 Å². The number of halogens is 1. The zero-order chi connectivity index (χ0) is 17.0. The van der Waals surface area contributed by atoms with Crippen molar-refractivity contribution in [2.45, 2.75) is 13.5 Å². The number of nitrogens with zero attached hydrogens (tertiary/aromatic N) is 5. The van der Waals surface area contributed by atoms with E-state index in [1.54, 1.807) is 13.0 Å². The standard InChI is InChI=1S/C12H11BrN6O4/c1-7(5-18-6-14-12(17-18)19(22)23)15-16-11(21)9-4-8(13)2-3-10(9)20/h2-4,6,20H,5H2,1H3,(H,16,21). The first-order chi connectivity index (χ1) is 10.9. The fourth-order valence-electron chi connectivity index (χ4n) is 1.61. The number of hydrazone groups is 1. The van der Waals surface area contributed by atoms with E-state index < -0.39 is 16.8 Å². The molecule has 2 N–H and O–H groups in total. The summed E-state index contributed by atoms with van der Waals surface area (Å²) >= 11 is 3.20. The van der Waals surface area contributed by atoms with Crippen molar-refractivity contribution < 1.29 is 14.8 Å². The van der Waals surface area contributed by atoms with Crippen LogP contribution in [0.2, 0.25) is 0 Å². The van der Waals surface area contributed by atoms with Gasteiger partial charge in [-0.05, 0) is 30.0 Å². The van der Waals surface area contributed by atoms with E-state index in [0.717, 1.165) is 0 Å². The molecular formula is C12H11BrN6O4. The van der Waals surface area contributed by atoms with Crippen LogP contribution in [0.25, 0.3) is 0 Å². The number of nitro groups is 1. The molecule has 0 unspecified atom stereocenters. The molecule has 0 aliphatic rings. The Balaban J connectivity index is 2.02. The number of phenolic OH excluding ortho intramolecular Hbond substituents is 1. The predicted molar refractivity (Wildman–Crippen MR) is 83.1 cm³/mol. The number of carbonyl (C=O) groups excluding carboxylic acids is 1. The SMILES string of the molecule is CC(Cn1cnc([N+](=O)[O-])n1)=NNC(=O)c1cc(Br)ccc1O. The number of hydrogen-bond acceptors (Lipinski definition) is 7. The van der Waals surface area contributed by atoms with Gasteiger partial charge < -0.3 is 15.2 Å². The molecule has 0 spiro atoms. The summed E-state index contributed by atoms with van der Waals surface area (Å²) in [5, 5.41) is 27.6. The molecule has 0 saturated carbocycles. The van der Waals surface area contributed by atoms with Crippen LogP contribution in [0.1, 0.15) is 17.3 Å². The number of hydrogen-bond donors (Lipinski definition) is 2. The van der Waals surface area contributed by atoms with Crippen LogP contribution in [-0.2, 0) is 6.54 Å². The van der Waals surface area contributed by atoms with E-state index in [2.05, 4.69) is 36.5 Å². The molecule has 0 aliphatic carbocycles. The molecule has 2 aromatic rings. The largest absolute Gasteiger partial charge is 0.507 e. The molecule has 0 atom stereocenters. The molecule has 0 fully saturated rings. The normalized spacial score (nSPS) is 11.3. The predicted octanol–water partition coefficient (Wildman–Crippen LogP) is 1.46. The van der Waals surface area contributed by atoms with Gasteiger partial charge >= 0.3 is 5.95 Å². The Morgan fingerprint density at radius 1 is 1.57 bits per heavy atom. The van der Waals surface area contributed by atoms with Gasteiger partial charge in [0, 0.05) is 9.57 Å². The fraction of sp³-hybridized carbons (Fsp3) is 0.167. The van der Waals surface area contributed by atoms with E-state index in [1.165, 1.54) is 23.1 Å². The number of amides is 1. The molecule has 10 nitrogen and oxygen atoms in total. The van der Waals surface area contributed by atoms with Gasteiger partial charge in [-0.15, -0.1) is 0 Å². The van der Waals surface area contributed by atoms with Gasteiger partial charge in [0.1, 0.15) is 5.75 Å². The quantitative estimate of drug-likeness (QED) is 0.456. The maximum Gasteiger partial charge on any atom is 0.490 e. The Morgan fingerprint density at radius 2 is 2.30 bits per heavy atom. The molecule has 0 bridgehead atoms. The van der Waals surface area contributed by atoms with Crippen molar-refractivity contribution in [3.8, 4) is 5.75 Å². The van der Waals surface area contributed by atoms with Crippen LogP contribution in [0.5, 0.6) is 5.75 Å². The molecule has 1 aromatic carbocycles. The third-order valence-electron chi connectivity index (χ3n) is 2.63. The minimum Gasteiger partial charge on any atom is -0.507 e. The summed E-state index contributed by atoms with van der Waals surface area (Å²) in [4.78, 5) is 25.2. The number of rotatable bonds is 5. The number of carbonyl (C=O) groups is 1. The summed E-state index contributed by atoms with van der Waals surface area (Å²) in [5.41, 5.74) is 2.79. The van der Waals surface area contributed by atoms with Gasteiger partial charge in [-0.1, -0.05) is 20.9 Å². The van der Waals surface area contributed by atoms with Gasteiger partial charge in [0.25, 0.3) is 5.91 Å². The number of aromatic hydroxyl groups is 1. The molecule has 1 heterocycles. The first-order valence-corrected chi connectivity index (χ1v) is 7.02. The first kappa shape index (κ1) is 16.5. The smallest absolute Gasteiger partial charge is 0.490 e. The minimum absolute atomic E-state index is 0.0623. The third kappa shape index (κ3) is 4.32. The highest BCUT2D eigenvalue weighted by Crippen LogP contribution is 2.21. The van der Waals surface area contributed by atoms with Crippen molar-refractivity contribution >= 4 is 33.5 Å². The third-order valence-corrected chi connectivity index (χ3v) is 3.12. The fourth-order valence-corrected chi connectivity index (χ4v) is 1.97. The molecule has 1 aromatic heterocycles. The van der Waals surface area contributed by atoms with Crippen molar-refractivity contribution in [2.24, 2.45) is 5.10 Å². The summed E-state index contributed by atoms with van der Waals surface area (Å²) in [6, 6.07) is 4.43. The second-order valence-corrected chi connectivity index (χ2v) is 5.36. The minimum atomic E-state index is -0.708. The van der Waals surface area contributed by atoms with E-state index in [-0.39, 0.29) is 17.9 Å². The maximum absolute atomic E-state index is 11.9. The lowest BCUT2D eigenvalue weighted by Crippen LogP contribution is -2.20. The van der Waals surface area contributed by atoms with Gasteiger partial charge in [-0.25, -0.2) is 5.43 Å². The van der Waals surface area contributed by atoms with Crippen LogP contribution < -0.4 is 5.43 Å². The summed E-state index contributed by atoms with van der Waals surface area (Å²) in [6.07, 6.45) is 1.19. The Bertz CT molecular complexity index is 788. The summed E-state index contributed by atoms with van der Waals surface area (Å²) in [5.74, 6) is -1.28. The number of nitrogens with one attached hydrogen (secondary N) is 1. The van der Waals surface area contributed by atoms with Crippen LogP contribution in [0.15, 0.2) is 34.1 Å². The van der Waals surface area contributed by atoms with Crippen molar-refractivity contribution in [2.75, 3.05) is 0 Å². The lowest BCUT2D eigenvalue weighted by Gasteiger charge is -2.04. The van der Waals surface area contributed by atoms with Gasteiger partial charge in [0.15, 0.2) is 0 Å². The average Bonchev–Trinajstić information content (AvgIpc) is 2.96. The molecule has 0 radical (unpaired) electrons. The molecule has 0 aliphatic heterocycles. The highest BCUT2D eigenvalue weighted by molar-refractivity contribution is 9.10. The van der Waals surface area contributed by atoms with Crippen LogP contribution in [0, 0.1) is 10.1 Å². The van der Waals surface area contributed by atoms with Crippen LogP contribution in [-0.4, -0.2) is 36.4 Å². The van der Waals surface area contributed by atoms with E-state index in [9.17, 15) is 20.0 Å². The molecule has 0 saturated heterocycles.